The van der Waals surface area contributed by atoms with E-state index in [0.717, 1.165) is 11.3 Å². The Labute approximate surface area is 172 Å². The molecule has 0 N–H and O–H groups in total. The van der Waals surface area contributed by atoms with Crippen LogP contribution in [0.25, 0.3) is 11.0 Å². The molecule has 1 aliphatic rings. The van der Waals surface area contributed by atoms with E-state index >= 15 is 0 Å². The molecule has 0 aliphatic carbocycles. The highest BCUT2D eigenvalue weighted by Crippen LogP contribution is 2.26. The Morgan fingerprint density at radius 1 is 1.04 bits per heavy atom. The molecular weight excluding hydrogens is 399 g/mol. The largest absolute Gasteiger partial charge is 0.421 e. The normalized spacial score (nSPS) is 14.5. The fraction of sp³-hybridized carbons (Fsp3) is 0.238. The van der Waals surface area contributed by atoms with Crippen LogP contribution in [0.3, 0.4) is 0 Å². The van der Waals surface area contributed by atoms with E-state index in [1.54, 1.807) is 29.2 Å². The van der Waals surface area contributed by atoms with Gasteiger partial charge in [0.25, 0.3) is 5.91 Å². The average Bonchev–Trinajstić information content (AvgIpc) is 2.70. The first kappa shape index (κ1) is 18.8. The van der Waals surface area contributed by atoms with Crippen LogP contribution in [0.4, 0.5) is 5.69 Å². The van der Waals surface area contributed by atoms with Gasteiger partial charge in [-0.3, -0.25) is 4.79 Å². The number of hydrogen-bond acceptors (Lipinski definition) is 4. The minimum Gasteiger partial charge on any atom is -0.421 e. The minimum atomic E-state index is -0.668. The van der Waals surface area contributed by atoms with Gasteiger partial charge in [0.05, 0.1) is 5.02 Å². The standard InChI is InChI=1S/C21H18Cl2N2O3/c1-13-5-6-15(22)12-18(13)24-7-9-25(10-8-24)20(26)16-11-14-3-2-4-17(23)19(14)28-21(16)27/h2-6,11-12H,7-10H2,1H3. The Morgan fingerprint density at radius 2 is 1.79 bits per heavy atom. The molecule has 2 heterocycles. The van der Waals surface area contributed by atoms with Crippen molar-refractivity contribution < 1.29 is 9.21 Å². The Bertz CT molecular complexity index is 1120. The van der Waals surface area contributed by atoms with Gasteiger partial charge in [-0.2, -0.15) is 0 Å². The van der Waals surface area contributed by atoms with E-state index in [-0.39, 0.29) is 11.5 Å². The second kappa shape index (κ2) is 7.49. The maximum Gasteiger partial charge on any atom is 0.349 e. The summed E-state index contributed by atoms with van der Waals surface area (Å²) in [6.07, 6.45) is 0. The summed E-state index contributed by atoms with van der Waals surface area (Å²) in [4.78, 5) is 29.1. The smallest absolute Gasteiger partial charge is 0.349 e. The van der Waals surface area contributed by atoms with Crippen LogP contribution in [-0.2, 0) is 0 Å². The van der Waals surface area contributed by atoms with Crippen LogP contribution in [0, 0.1) is 6.92 Å². The Hall–Kier alpha value is -2.50. The van der Waals surface area contributed by atoms with Gasteiger partial charge in [-0.15, -0.1) is 0 Å². The van der Waals surface area contributed by atoms with Crippen molar-refractivity contribution in [1.82, 2.24) is 4.90 Å². The van der Waals surface area contributed by atoms with Gasteiger partial charge in [-0.25, -0.2) is 4.79 Å². The van der Waals surface area contributed by atoms with Gasteiger partial charge < -0.3 is 14.2 Å². The van der Waals surface area contributed by atoms with Gasteiger partial charge >= 0.3 is 5.63 Å². The summed E-state index contributed by atoms with van der Waals surface area (Å²) in [7, 11) is 0. The number of rotatable bonds is 2. The Kier molecular flexibility index (Phi) is 5.04. The first-order chi connectivity index (χ1) is 13.4. The number of fused-ring (bicyclic) bond motifs is 1. The van der Waals surface area contributed by atoms with Gasteiger partial charge in [0.1, 0.15) is 5.56 Å². The SMILES string of the molecule is Cc1ccc(Cl)cc1N1CCN(C(=O)c2cc3cccc(Cl)c3oc2=O)CC1. The molecule has 1 fully saturated rings. The number of amides is 1. The molecule has 144 valence electrons. The molecule has 1 aromatic heterocycles. The summed E-state index contributed by atoms with van der Waals surface area (Å²) in [5, 5.41) is 1.66. The second-order valence-electron chi connectivity index (χ2n) is 6.82. The van der Waals surface area contributed by atoms with Gasteiger partial charge in [0, 0.05) is 42.3 Å². The van der Waals surface area contributed by atoms with E-state index in [4.69, 9.17) is 27.6 Å². The average molecular weight is 417 g/mol. The molecule has 0 saturated carbocycles. The van der Waals surface area contributed by atoms with Crippen molar-refractivity contribution in [3.05, 3.63) is 74.1 Å². The monoisotopic (exact) mass is 416 g/mol. The van der Waals surface area contributed by atoms with Gasteiger partial charge in [0.15, 0.2) is 5.58 Å². The molecular formula is C21H18Cl2N2O3. The summed E-state index contributed by atoms with van der Waals surface area (Å²) in [6, 6.07) is 12.5. The van der Waals surface area contributed by atoms with Crippen molar-refractivity contribution in [2.75, 3.05) is 31.1 Å². The number of aryl methyl sites for hydroxylation is 1. The van der Waals surface area contributed by atoms with Gasteiger partial charge in [0.2, 0.25) is 0 Å². The topological polar surface area (TPSA) is 53.8 Å². The number of benzene rings is 2. The zero-order valence-electron chi connectivity index (χ0n) is 15.2. The molecule has 3 aromatic rings. The first-order valence-electron chi connectivity index (χ1n) is 8.97. The predicted octanol–water partition coefficient (Wildman–Crippen LogP) is 4.37. The van der Waals surface area contributed by atoms with E-state index in [1.165, 1.54) is 0 Å². The van der Waals surface area contributed by atoms with Gasteiger partial charge in [-0.05, 0) is 36.8 Å². The van der Waals surface area contributed by atoms with Crippen LogP contribution in [-0.4, -0.2) is 37.0 Å². The van der Waals surface area contributed by atoms with Crippen LogP contribution >= 0.6 is 23.2 Å². The molecule has 0 spiro atoms. The number of piperazine rings is 1. The van der Waals surface area contributed by atoms with Crippen LogP contribution in [0.1, 0.15) is 15.9 Å². The highest BCUT2D eigenvalue weighted by Gasteiger charge is 2.26. The fourth-order valence-electron chi connectivity index (χ4n) is 3.50. The number of hydrogen-bond donors (Lipinski definition) is 0. The molecule has 0 unspecified atom stereocenters. The lowest BCUT2D eigenvalue weighted by Gasteiger charge is -2.36. The highest BCUT2D eigenvalue weighted by molar-refractivity contribution is 6.34. The van der Waals surface area contributed by atoms with E-state index in [9.17, 15) is 9.59 Å². The molecule has 7 heteroatoms. The van der Waals surface area contributed by atoms with Crippen molar-refractivity contribution >= 4 is 45.8 Å². The number of anilines is 1. The lowest BCUT2D eigenvalue weighted by Crippen LogP contribution is -2.49. The van der Waals surface area contributed by atoms with E-state index in [0.29, 0.717) is 47.2 Å². The summed E-state index contributed by atoms with van der Waals surface area (Å²) >= 11 is 12.2. The molecule has 2 aromatic carbocycles. The van der Waals surface area contributed by atoms with Crippen molar-refractivity contribution in [2.45, 2.75) is 6.92 Å². The number of para-hydroxylation sites is 1. The maximum absolute atomic E-state index is 12.9. The predicted molar refractivity (Wildman–Crippen MR) is 112 cm³/mol. The lowest BCUT2D eigenvalue weighted by atomic mass is 10.1. The van der Waals surface area contributed by atoms with Crippen LogP contribution in [0.5, 0.6) is 0 Å². The first-order valence-corrected chi connectivity index (χ1v) is 9.72. The third kappa shape index (κ3) is 3.48. The molecule has 1 amide bonds. The zero-order valence-corrected chi connectivity index (χ0v) is 16.8. The highest BCUT2D eigenvalue weighted by atomic mass is 35.5. The number of halogens is 2. The summed E-state index contributed by atoms with van der Waals surface area (Å²) in [5.74, 6) is -0.321. The molecule has 5 nitrogen and oxygen atoms in total. The summed E-state index contributed by atoms with van der Waals surface area (Å²) in [6.45, 7) is 4.39. The third-order valence-corrected chi connectivity index (χ3v) is 5.55. The molecule has 4 rings (SSSR count). The quantitative estimate of drug-likeness (QED) is 0.581. The summed E-state index contributed by atoms with van der Waals surface area (Å²) < 4.78 is 5.29. The van der Waals surface area contributed by atoms with E-state index in [1.807, 2.05) is 25.1 Å². The van der Waals surface area contributed by atoms with E-state index in [2.05, 4.69) is 4.90 Å². The van der Waals surface area contributed by atoms with Crippen molar-refractivity contribution in [3.8, 4) is 0 Å². The van der Waals surface area contributed by atoms with Crippen LogP contribution in [0.15, 0.2) is 51.7 Å². The van der Waals surface area contributed by atoms with Crippen LogP contribution in [0.2, 0.25) is 10.0 Å². The van der Waals surface area contributed by atoms with Crippen LogP contribution < -0.4 is 10.5 Å². The molecule has 1 saturated heterocycles. The van der Waals surface area contributed by atoms with Crippen molar-refractivity contribution in [1.29, 1.82) is 0 Å². The Morgan fingerprint density at radius 3 is 2.54 bits per heavy atom. The van der Waals surface area contributed by atoms with Crippen molar-refractivity contribution in [3.63, 3.8) is 0 Å². The Balaban J connectivity index is 1.54. The third-order valence-electron chi connectivity index (χ3n) is 5.02. The minimum absolute atomic E-state index is 0.0298. The molecule has 1 aliphatic heterocycles. The number of carbonyl (C=O) groups excluding carboxylic acids is 1. The molecule has 0 atom stereocenters. The number of carbonyl (C=O) groups is 1. The van der Waals surface area contributed by atoms with E-state index < -0.39 is 5.63 Å². The fourth-order valence-corrected chi connectivity index (χ4v) is 3.89. The van der Waals surface area contributed by atoms with Gasteiger partial charge in [-0.1, -0.05) is 41.4 Å². The zero-order chi connectivity index (χ0) is 19.8. The molecule has 0 radical (unpaired) electrons. The maximum atomic E-state index is 12.9. The molecule has 28 heavy (non-hydrogen) atoms. The lowest BCUT2D eigenvalue weighted by molar-refractivity contribution is 0.0742. The molecule has 0 bridgehead atoms. The number of nitrogens with zero attached hydrogens (tertiary/aromatic N) is 2. The summed E-state index contributed by atoms with van der Waals surface area (Å²) in [5.41, 5.74) is 1.86. The van der Waals surface area contributed by atoms with Crippen molar-refractivity contribution in [2.24, 2.45) is 0 Å². The second-order valence-corrected chi connectivity index (χ2v) is 7.66.